The van der Waals surface area contributed by atoms with Gasteiger partial charge in [-0.3, -0.25) is 4.98 Å². The summed E-state index contributed by atoms with van der Waals surface area (Å²) in [6.07, 6.45) is 3.15. The molecule has 0 spiro atoms. The number of anilines is 1. The lowest BCUT2D eigenvalue weighted by Gasteiger charge is -2.11. The highest BCUT2D eigenvalue weighted by Gasteiger charge is 2.10. The molecular formula is C14H14N6O2. The van der Waals surface area contributed by atoms with E-state index < -0.39 is 5.69 Å². The van der Waals surface area contributed by atoms with Gasteiger partial charge in [0.15, 0.2) is 11.5 Å². The Kier molecular flexibility index (Phi) is 3.57. The molecule has 112 valence electrons. The van der Waals surface area contributed by atoms with E-state index in [2.05, 4.69) is 25.0 Å². The molecule has 0 aliphatic carbocycles. The molecule has 0 unspecified atom stereocenters. The van der Waals surface area contributed by atoms with Gasteiger partial charge in [-0.1, -0.05) is 12.1 Å². The number of nitrogens with one attached hydrogen (secondary N) is 2. The number of fused-ring (bicyclic) bond motifs is 1. The van der Waals surface area contributed by atoms with Crippen LogP contribution in [0, 0.1) is 0 Å². The van der Waals surface area contributed by atoms with E-state index in [4.69, 9.17) is 4.74 Å². The second-order valence-corrected chi connectivity index (χ2v) is 4.54. The van der Waals surface area contributed by atoms with Crippen molar-refractivity contribution in [2.24, 2.45) is 5.10 Å². The van der Waals surface area contributed by atoms with E-state index in [9.17, 15) is 4.79 Å². The summed E-state index contributed by atoms with van der Waals surface area (Å²) in [6, 6.07) is 7.48. The summed E-state index contributed by atoms with van der Waals surface area (Å²) < 4.78 is 5.16. The van der Waals surface area contributed by atoms with Crippen LogP contribution in [0.15, 0.2) is 40.5 Å². The van der Waals surface area contributed by atoms with E-state index in [1.807, 2.05) is 24.3 Å². The standard InChI is InChI=1S/C14H14N6O2/c1-20(17-7-9-4-3-5-10(6-9)22-2)13-11-12(16-8-15-11)18-14(21)19-13/h3-8H,1-2H3,(H2,15,16,18,19,21)/b17-7+. The number of H-pyrrole nitrogens is 2. The maximum absolute atomic E-state index is 11.5. The SMILES string of the molecule is COc1cccc(/C=N/N(C)c2nc(=O)[nH]c3nc[nH]c23)c1. The van der Waals surface area contributed by atoms with E-state index in [0.717, 1.165) is 11.3 Å². The van der Waals surface area contributed by atoms with Crippen molar-refractivity contribution < 1.29 is 4.74 Å². The van der Waals surface area contributed by atoms with Crippen molar-refractivity contribution in [3.05, 3.63) is 46.6 Å². The first-order valence-electron chi connectivity index (χ1n) is 6.52. The lowest BCUT2D eigenvalue weighted by atomic mass is 10.2. The van der Waals surface area contributed by atoms with Crippen LogP contribution in [0.3, 0.4) is 0 Å². The predicted molar refractivity (Wildman–Crippen MR) is 83.5 cm³/mol. The maximum atomic E-state index is 11.5. The number of aromatic nitrogens is 4. The molecule has 0 radical (unpaired) electrons. The smallest absolute Gasteiger partial charge is 0.348 e. The van der Waals surface area contributed by atoms with Gasteiger partial charge in [0.1, 0.15) is 11.3 Å². The number of rotatable bonds is 4. The molecule has 0 atom stereocenters. The molecule has 8 nitrogen and oxygen atoms in total. The van der Waals surface area contributed by atoms with Crippen molar-refractivity contribution in [3.8, 4) is 5.75 Å². The molecule has 0 aliphatic heterocycles. The van der Waals surface area contributed by atoms with Crippen LogP contribution in [0.1, 0.15) is 5.56 Å². The quantitative estimate of drug-likeness (QED) is 0.555. The molecule has 3 aromatic rings. The zero-order valence-electron chi connectivity index (χ0n) is 12.1. The van der Waals surface area contributed by atoms with Crippen LogP contribution in [0.4, 0.5) is 5.82 Å². The van der Waals surface area contributed by atoms with E-state index in [0.29, 0.717) is 17.0 Å². The van der Waals surface area contributed by atoms with Gasteiger partial charge in [0, 0.05) is 7.05 Å². The Labute approximate surface area is 125 Å². The maximum Gasteiger partial charge on any atom is 0.348 e. The molecule has 8 heteroatoms. The molecule has 0 aliphatic rings. The van der Waals surface area contributed by atoms with Crippen LogP contribution in [0.5, 0.6) is 5.75 Å². The zero-order chi connectivity index (χ0) is 15.5. The van der Waals surface area contributed by atoms with Gasteiger partial charge in [-0.15, -0.1) is 0 Å². The molecule has 0 saturated carbocycles. The Morgan fingerprint density at radius 2 is 2.27 bits per heavy atom. The number of hydrazone groups is 1. The fourth-order valence-electron chi connectivity index (χ4n) is 2.00. The second kappa shape index (κ2) is 5.68. The average molecular weight is 298 g/mol. The van der Waals surface area contributed by atoms with Crippen molar-refractivity contribution in [1.82, 2.24) is 19.9 Å². The minimum atomic E-state index is -0.474. The van der Waals surface area contributed by atoms with Gasteiger partial charge in [0.25, 0.3) is 0 Å². The Balaban J connectivity index is 1.92. The summed E-state index contributed by atoms with van der Waals surface area (Å²) in [5.74, 6) is 1.15. The minimum Gasteiger partial charge on any atom is -0.497 e. The number of ether oxygens (including phenoxy) is 1. The van der Waals surface area contributed by atoms with Gasteiger partial charge in [-0.2, -0.15) is 10.1 Å². The summed E-state index contributed by atoms with van der Waals surface area (Å²) in [4.78, 5) is 25.0. The molecule has 2 aromatic heterocycles. The van der Waals surface area contributed by atoms with Gasteiger partial charge in [0.2, 0.25) is 0 Å². The van der Waals surface area contributed by atoms with Crippen LogP contribution in [-0.4, -0.2) is 40.3 Å². The highest BCUT2D eigenvalue weighted by Crippen LogP contribution is 2.17. The Hall–Kier alpha value is -3.16. The summed E-state index contributed by atoms with van der Waals surface area (Å²) in [7, 11) is 3.32. The average Bonchev–Trinajstić information content (AvgIpc) is 3.00. The van der Waals surface area contributed by atoms with E-state index >= 15 is 0 Å². The molecule has 1 aromatic carbocycles. The number of hydrogen-bond donors (Lipinski definition) is 2. The lowest BCUT2D eigenvalue weighted by molar-refractivity contribution is 0.415. The molecule has 2 heterocycles. The van der Waals surface area contributed by atoms with Crippen LogP contribution >= 0.6 is 0 Å². The Bertz CT molecular complexity index is 882. The third-order valence-corrected chi connectivity index (χ3v) is 3.08. The molecular weight excluding hydrogens is 284 g/mol. The number of benzene rings is 1. The Morgan fingerprint density at radius 3 is 3.09 bits per heavy atom. The molecule has 0 bridgehead atoms. The van der Waals surface area contributed by atoms with Crippen LogP contribution in [0.25, 0.3) is 11.2 Å². The van der Waals surface area contributed by atoms with Crippen LogP contribution < -0.4 is 15.4 Å². The number of methoxy groups -OCH3 is 1. The Morgan fingerprint density at radius 1 is 1.41 bits per heavy atom. The van der Waals surface area contributed by atoms with Crippen LogP contribution in [-0.2, 0) is 0 Å². The van der Waals surface area contributed by atoms with Crippen molar-refractivity contribution in [2.75, 3.05) is 19.2 Å². The zero-order valence-corrected chi connectivity index (χ0v) is 12.1. The van der Waals surface area contributed by atoms with Crippen molar-refractivity contribution in [2.45, 2.75) is 0 Å². The number of nitrogens with zero attached hydrogens (tertiary/aromatic N) is 4. The van der Waals surface area contributed by atoms with E-state index in [1.165, 1.54) is 11.3 Å². The van der Waals surface area contributed by atoms with Crippen molar-refractivity contribution in [1.29, 1.82) is 0 Å². The number of hydrogen-bond acceptors (Lipinski definition) is 6. The molecule has 22 heavy (non-hydrogen) atoms. The third-order valence-electron chi connectivity index (χ3n) is 3.08. The van der Waals surface area contributed by atoms with Crippen molar-refractivity contribution in [3.63, 3.8) is 0 Å². The minimum absolute atomic E-state index is 0.399. The van der Waals surface area contributed by atoms with Gasteiger partial charge >= 0.3 is 5.69 Å². The first kappa shape index (κ1) is 13.8. The van der Waals surface area contributed by atoms with Gasteiger partial charge in [-0.25, -0.2) is 14.8 Å². The first-order valence-corrected chi connectivity index (χ1v) is 6.52. The molecule has 2 N–H and O–H groups in total. The fourth-order valence-corrected chi connectivity index (χ4v) is 2.00. The first-order chi connectivity index (χ1) is 10.7. The normalized spacial score (nSPS) is 11.2. The topological polar surface area (TPSA) is 99.3 Å². The van der Waals surface area contributed by atoms with E-state index in [-0.39, 0.29) is 0 Å². The summed E-state index contributed by atoms with van der Waals surface area (Å²) >= 11 is 0. The highest BCUT2D eigenvalue weighted by molar-refractivity contribution is 5.85. The highest BCUT2D eigenvalue weighted by atomic mass is 16.5. The number of aromatic amines is 2. The monoisotopic (exact) mass is 298 g/mol. The van der Waals surface area contributed by atoms with Crippen LogP contribution in [0.2, 0.25) is 0 Å². The van der Waals surface area contributed by atoms with Gasteiger partial charge in [0.05, 0.1) is 19.7 Å². The molecule has 0 amide bonds. The van der Waals surface area contributed by atoms with Gasteiger partial charge in [-0.05, 0) is 17.7 Å². The fraction of sp³-hybridized carbons (Fsp3) is 0.143. The summed E-state index contributed by atoms with van der Waals surface area (Å²) in [5.41, 5.74) is 1.46. The molecule has 3 rings (SSSR count). The lowest BCUT2D eigenvalue weighted by Crippen LogP contribution is -2.18. The molecule has 0 saturated heterocycles. The van der Waals surface area contributed by atoms with Gasteiger partial charge < -0.3 is 9.72 Å². The predicted octanol–water partition coefficient (Wildman–Crippen LogP) is 1.13. The third kappa shape index (κ3) is 2.66. The largest absolute Gasteiger partial charge is 0.497 e. The second-order valence-electron chi connectivity index (χ2n) is 4.54. The summed E-state index contributed by atoms with van der Waals surface area (Å²) in [6.45, 7) is 0. The summed E-state index contributed by atoms with van der Waals surface area (Å²) in [5, 5.41) is 5.81. The molecule has 0 fully saturated rings. The van der Waals surface area contributed by atoms with Crippen molar-refractivity contribution >= 4 is 23.2 Å². The van der Waals surface area contributed by atoms with E-state index in [1.54, 1.807) is 20.4 Å². The number of imidazole rings is 1.